The molecular weight excluding hydrogens is 270 g/mol. The highest BCUT2D eigenvalue weighted by molar-refractivity contribution is 9.10. The lowest BCUT2D eigenvalue weighted by atomic mass is 10.1. The minimum Gasteiger partial charge on any atom is -0.443 e. The molecule has 3 rings (SSSR count). The van der Waals surface area contributed by atoms with Gasteiger partial charge in [0.15, 0.2) is 12.0 Å². The topological polar surface area (TPSA) is 54.7 Å². The summed E-state index contributed by atoms with van der Waals surface area (Å²) in [5.41, 5.74) is 3.51. The Bertz CT molecular complexity index is 656. The summed E-state index contributed by atoms with van der Waals surface area (Å²) in [5, 5.41) is 0. The Morgan fingerprint density at radius 2 is 2.25 bits per heavy atom. The summed E-state index contributed by atoms with van der Waals surface area (Å²) in [6, 6.07) is 5.83. The van der Waals surface area contributed by atoms with E-state index < -0.39 is 0 Å². The van der Waals surface area contributed by atoms with Gasteiger partial charge in [-0.25, -0.2) is 9.97 Å². The number of rotatable bonds is 1. The molecule has 0 atom stereocenters. The normalized spacial score (nSPS) is 11.1. The second kappa shape index (κ2) is 3.45. The molecule has 2 aromatic heterocycles. The van der Waals surface area contributed by atoms with E-state index in [1.54, 1.807) is 0 Å². The minimum absolute atomic E-state index is 0.769. The van der Waals surface area contributed by atoms with E-state index in [0.717, 1.165) is 32.8 Å². The van der Waals surface area contributed by atoms with Crippen molar-refractivity contribution in [3.05, 3.63) is 35.0 Å². The van der Waals surface area contributed by atoms with Crippen molar-refractivity contribution < 1.29 is 4.42 Å². The summed E-state index contributed by atoms with van der Waals surface area (Å²) in [5.74, 6) is 0.875. The fraction of sp³-hybridized carbons (Fsp3) is 0.0909. The van der Waals surface area contributed by atoms with E-state index in [-0.39, 0.29) is 0 Å². The minimum atomic E-state index is 0.769. The third kappa shape index (κ3) is 1.44. The number of halogens is 1. The zero-order valence-electron chi connectivity index (χ0n) is 8.49. The van der Waals surface area contributed by atoms with Gasteiger partial charge in [0.05, 0.1) is 0 Å². The molecule has 5 heteroatoms. The molecule has 4 nitrogen and oxygen atoms in total. The van der Waals surface area contributed by atoms with Crippen molar-refractivity contribution in [2.75, 3.05) is 0 Å². The van der Waals surface area contributed by atoms with E-state index in [0.29, 0.717) is 0 Å². The Morgan fingerprint density at radius 3 is 3.00 bits per heavy atom. The van der Waals surface area contributed by atoms with Crippen molar-refractivity contribution >= 4 is 27.0 Å². The van der Waals surface area contributed by atoms with Crippen LogP contribution in [0.2, 0.25) is 0 Å². The smallest absolute Gasteiger partial charge is 0.181 e. The summed E-state index contributed by atoms with van der Waals surface area (Å²) in [4.78, 5) is 11.6. The molecule has 0 bridgehead atoms. The molecule has 0 fully saturated rings. The number of oxazole rings is 1. The first-order chi connectivity index (χ1) is 7.74. The van der Waals surface area contributed by atoms with Crippen LogP contribution in [0, 0.1) is 6.92 Å². The van der Waals surface area contributed by atoms with E-state index in [1.165, 1.54) is 6.39 Å². The molecule has 0 saturated carbocycles. The number of hydrogen-bond acceptors (Lipinski definition) is 3. The van der Waals surface area contributed by atoms with Crippen LogP contribution in [0.15, 0.2) is 33.6 Å². The van der Waals surface area contributed by atoms with Crippen LogP contribution in [0.5, 0.6) is 0 Å². The average Bonchev–Trinajstić information content (AvgIpc) is 2.83. The Kier molecular flexibility index (Phi) is 2.07. The lowest BCUT2D eigenvalue weighted by Crippen LogP contribution is -1.79. The third-order valence-corrected chi connectivity index (χ3v) is 2.96. The van der Waals surface area contributed by atoms with Crippen LogP contribution in [0.3, 0.4) is 0 Å². The third-order valence-electron chi connectivity index (χ3n) is 2.38. The number of imidazole rings is 1. The van der Waals surface area contributed by atoms with Gasteiger partial charge in [0.1, 0.15) is 21.6 Å². The number of fused-ring (bicyclic) bond motifs is 1. The van der Waals surface area contributed by atoms with E-state index in [4.69, 9.17) is 4.42 Å². The van der Waals surface area contributed by atoms with Gasteiger partial charge in [0.2, 0.25) is 0 Å². The molecule has 0 aliphatic carbocycles. The Labute approximate surface area is 99.8 Å². The number of hydrogen-bond donors (Lipinski definition) is 1. The van der Waals surface area contributed by atoms with Crippen molar-refractivity contribution in [1.82, 2.24) is 15.0 Å². The zero-order chi connectivity index (χ0) is 11.1. The van der Waals surface area contributed by atoms with Crippen molar-refractivity contribution in [3.63, 3.8) is 0 Å². The zero-order valence-corrected chi connectivity index (χ0v) is 10.1. The molecule has 3 aromatic rings. The summed E-state index contributed by atoms with van der Waals surface area (Å²) in [6.45, 7) is 1.92. The quantitative estimate of drug-likeness (QED) is 0.743. The Hall–Kier alpha value is -1.62. The molecule has 0 saturated heterocycles. The SMILES string of the molecule is Cc1nc(-c2ccc3ncoc3c2)c(Br)[nH]1. The standard InChI is InChI=1S/C11H8BrN3O/c1-6-14-10(11(12)15-6)7-2-3-8-9(4-7)16-5-13-8/h2-5H,1H3,(H,14,15). The molecule has 1 aromatic carbocycles. The van der Waals surface area contributed by atoms with Gasteiger partial charge in [0.25, 0.3) is 0 Å². The monoisotopic (exact) mass is 277 g/mol. The van der Waals surface area contributed by atoms with Gasteiger partial charge < -0.3 is 9.40 Å². The van der Waals surface area contributed by atoms with Crippen molar-refractivity contribution in [1.29, 1.82) is 0 Å². The van der Waals surface area contributed by atoms with Crippen LogP contribution >= 0.6 is 15.9 Å². The van der Waals surface area contributed by atoms with E-state index in [2.05, 4.69) is 30.9 Å². The molecule has 80 valence electrons. The number of aromatic amines is 1. The summed E-state index contributed by atoms with van der Waals surface area (Å²) >= 11 is 3.44. The van der Waals surface area contributed by atoms with Crippen LogP contribution in [0.25, 0.3) is 22.4 Å². The maximum absolute atomic E-state index is 5.26. The van der Waals surface area contributed by atoms with Crippen LogP contribution in [0.1, 0.15) is 5.82 Å². The highest BCUT2D eigenvalue weighted by atomic mass is 79.9. The lowest BCUT2D eigenvalue weighted by Gasteiger charge is -1.96. The van der Waals surface area contributed by atoms with Crippen LogP contribution in [-0.4, -0.2) is 15.0 Å². The summed E-state index contributed by atoms with van der Waals surface area (Å²) < 4.78 is 6.14. The van der Waals surface area contributed by atoms with Gasteiger partial charge in [-0.2, -0.15) is 0 Å². The number of H-pyrrole nitrogens is 1. The molecule has 2 heterocycles. The predicted octanol–water partition coefficient (Wildman–Crippen LogP) is 3.29. The number of benzene rings is 1. The molecule has 0 unspecified atom stereocenters. The molecular formula is C11H8BrN3O. The molecule has 0 spiro atoms. The lowest BCUT2D eigenvalue weighted by molar-refractivity contribution is 0.602. The van der Waals surface area contributed by atoms with Gasteiger partial charge in [-0.15, -0.1) is 0 Å². The highest BCUT2D eigenvalue weighted by Crippen LogP contribution is 2.28. The molecule has 0 aliphatic heterocycles. The Balaban J connectivity index is 2.21. The van der Waals surface area contributed by atoms with Crippen LogP contribution < -0.4 is 0 Å². The maximum Gasteiger partial charge on any atom is 0.181 e. The number of nitrogens with one attached hydrogen (secondary N) is 1. The van der Waals surface area contributed by atoms with Crippen LogP contribution in [-0.2, 0) is 0 Å². The van der Waals surface area contributed by atoms with E-state index in [9.17, 15) is 0 Å². The van der Waals surface area contributed by atoms with Crippen molar-refractivity contribution in [3.8, 4) is 11.3 Å². The number of aromatic nitrogens is 3. The molecule has 1 N–H and O–H groups in total. The fourth-order valence-corrected chi connectivity index (χ4v) is 2.26. The fourth-order valence-electron chi connectivity index (χ4n) is 1.66. The summed E-state index contributed by atoms with van der Waals surface area (Å²) in [7, 11) is 0. The predicted molar refractivity (Wildman–Crippen MR) is 64.0 cm³/mol. The molecule has 0 radical (unpaired) electrons. The first-order valence-corrected chi connectivity index (χ1v) is 5.59. The number of aryl methyl sites for hydroxylation is 1. The van der Waals surface area contributed by atoms with Gasteiger partial charge in [0, 0.05) is 5.56 Å². The highest BCUT2D eigenvalue weighted by Gasteiger charge is 2.09. The second-order valence-electron chi connectivity index (χ2n) is 3.52. The first kappa shape index (κ1) is 9.59. The van der Waals surface area contributed by atoms with Crippen LogP contribution in [0.4, 0.5) is 0 Å². The first-order valence-electron chi connectivity index (χ1n) is 4.80. The second-order valence-corrected chi connectivity index (χ2v) is 4.31. The van der Waals surface area contributed by atoms with Crippen molar-refractivity contribution in [2.45, 2.75) is 6.92 Å². The average molecular weight is 278 g/mol. The van der Waals surface area contributed by atoms with E-state index in [1.807, 2.05) is 25.1 Å². The van der Waals surface area contributed by atoms with Gasteiger partial charge >= 0.3 is 0 Å². The van der Waals surface area contributed by atoms with Crippen molar-refractivity contribution in [2.24, 2.45) is 0 Å². The van der Waals surface area contributed by atoms with Gasteiger partial charge in [-0.3, -0.25) is 0 Å². The molecule has 16 heavy (non-hydrogen) atoms. The van der Waals surface area contributed by atoms with Gasteiger partial charge in [-0.1, -0.05) is 6.07 Å². The Morgan fingerprint density at radius 1 is 1.38 bits per heavy atom. The number of nitrogens with zero attached hydrogens (tertiary/aromatic N) is 2. The summed E-state index contributed by atoms with van der Waals surface area (Å²) in [6.07, 6.45) is 1.44. The van der Waals surface area contributed by atoms with Gasteiger partial charge in [-0.05, 0) is 35.0 Å². The van der Waals surface area contributed by atoms with E-state index >= 15 is 0 Å². The largest absolute Gasteiger partial charge is 0.443 e. The molecule has 0 aliphatic rings. The maximum atomic E-state index is 5.26. The molecule has 0 amide bonds.